The van der Waals surface area contributed by atoms with Crippen molar-refractivity contribution in [2.24, 2.45) is 5.16 Å². The molecule has 4 heteroatoms. The number of methoxy groups -OCH3 is 1. The molecule has 15 heavy (non-hydrogen) atoms. The zero-order chi connectivity index (χ0) is 11.1. The number of benzene rings is 1. The van der Waals surface area contributed by atoms with Gasteiger partial charge < -0.3 is 14.7 Å². The van der Waals surface area contributed by atoms with Gasteiger partial charge >= 0.3 is 0 Å². The Kier molecular flexibility index (Phi) is 4.47. The first-order valence-corrected chi connectivity index (χ1v) is 4.80. The Bertz CT molecular complexity index is 337. The Morgan fingerprint density at radius 3 is 2.87 bits per heavy atom. The summed E-state index contributed by atoms with van der Waals surface area (Å²) in [6.45, 7) is 2.65. The van der Waals surface area contributed by atoms with Crippen LogP contribution >= 0.6 is 0 Å². The van der Waals surface area contributed by atoms with Crippen LogP contribution in [0.4, 0.5) is 0 Å². The second-order valence-corrected chi connectivity index (χ2v) is 3.00. The van der Waals surface area contributed by atoms with E-state index in [0.29, 0.717) is 12.4 Å². The lowest BCUT2D eigenvalue weighted by Gasteiger charge is -2.09. The van der Waals surface area contributed by atoms with Crippen LogP contribution < -0.4 is 9.47 Å². The first-order valence-electron chi connectivity index (χ1n) is 4.80. The van der Waals surface area contributed by atoms with E-state index in [1.807, 2.05) is 6.92 Å². The maximum atomic E-state index is 8.48. The van der Waals surface area contributed by atoms with Gasteiger partial charge in [0.25, 0.3) is 0 Å². The van der Waals surface area contributed by atoms with E-state index in [2.05, 4.69) is 5.16 Å². The van der Waals surface area contributed by atoms with Gasteiger partial charge in [-0.1, -0.05) is 12.1 Å². The van der Waals surface area contributed by atoms with Crippen LogP contribution in [0, 0.1) is 0 Å². The fraction of sp³-hybridized carbons (Fsp3) is 0.364. The van der Waals surface area contributed by atoms with Crippen LogP contribution in [0.15, 0.2) is 23.4 Å². The van der Waals surface area contributed by atoms with Gasteiger partial charge in [0.05, 0.1) is 19.9 Å². The Morgan fingerprint density at radius 1 is 1.47 bits per heavy atom. The normalized spacial score (nSPS) is 10.5. The highest BCUT2D eigenvalue weighted by molar-refractivity contribution is 5.83. The molecule has 1 N–H and O–H groups in total. The van der Waals surface area contributed by atoms with Crippen LogP contribution in [0.25, 0.3) is 0 Å². The quantitative estimate of drug-likeness (QED) is 0.460. The molecule has 0 heterocycles. The molecule has 0 fully saturated rings. The van der Waals surface area contributed by atoms with Gasteiger partial charge in [0.2, 0.25) is 0 Å². The number of ether oxygens (including phenoxy) is 2. The monoisotopic (exact) mass is 209 g/mol. The molecule has 0 saturated heterocycles. The second-order valence-electron chi connectivity index (χ2n) is 3.00. The fourth-order valence-electron chi connectivity index (χ4n) is 1.15. The standard InChI is InChI=1S/C11H15NO3/c1-3-6-15-11-7-10(14-2)5-4-9(11)8-12-13/h4-5,7-8,13H,3,6H2,1-2H3. The van der Waals surface area contributed by atoms with E-state index in [1.54, 1.807) is 25.3 Å². The average molecular weight is 209 g/mol. The van der Waals surface area contributed by atoms with Crippen LogP contribution in [-0.2, 0) is 0 Å². The van der Waals surface area contributed by atoms with E-state index in [1.165, 1.54) is 6.21 Å². The third-order valence-electron chi connectivity index (χ3n) is 1.88. The van der Waals surface area contributed by atoms with Crippen LogP contribution in [0.2, 0.25) is 0 Å². The van der Waals surface area contributed by atoms with Crippen molar-refractivity contribution in [3.8, 4) is 11.5 Å². The van der Waals surface area contributed by atoms with Gasteiger partial charge in [0.15, 0.2) is 0 Å². The van der Waals surface area contributed by atoms with Gasteiger partial charge in [-0.25, -0.2) is 0 Å². The van der Waals surface area contributed by atoms with Crippen molar-refractivity contribution in [1.29, 1.82) is 0 Å². The lowest BCUT2D eigenvalue weighted by atomic mass is 10.2. The molecule has 0 amide bonds. The number of oxime groups is 1. The highest BCUT2D eigenvalue weighted by Crippen LogP contribution is 2.23. The fourth-order valence-corrected chi connectivity index (χ4v) is 1.15. The average Bonchev–Trinajstić information content (AvgIpc) is 2.28. The number of nitrogens with zero attached hydrogens (tertiary/aromatic N) is 1. The second kappa shape index (κ2) is 5.90. The zero-order valence-electron chi connectivity index (χ0n) is 8.93. The molecule has 0 saturated carbocycles. The van der Waals surface area contributed by atoms with E-state index < -0.39 is 0 Å². The summed E-state index contributed by atoms with van der Waals surface area (Å²) in [6, 6.07) is 5.34. The molecule has 0 aliphatic carbocycles. The Morgan fingerprint density at radius 2 is 2.27 bits per heavy atom. The van der Waals surface area contributed by atoms with Gasteiger partial charge in [-0.15, -0.1) is 0 Å². The van der Waals surface area contributed by atoms with Crippen molar-refractivity contribution >= 4 is 6.21 Å². The molecular weight excluding hydrogens is 194 g/mol. The summed E-state index contributed by atoms with van der Waals surface area (Å²) in [4.78, 5) is 0. The largest absolute Gasteiger partial charge is 0.497 e. The summed E-state index contributed by atoms with van der Waals surface area (Å²) in [6.07, 6.45) is 2.26. The maximum absolute atomic E-state index is 8.48. The maximum Gasteiger partial charge on any atom is 0.131 e. The molecule has 0 aromatic heterocycles. The predicted molar refractivity (Wildman–Crippen MR) is 58.2 cm³/mol. The SMILES string of the molecule is CCCOc1cc(OC)ccc1C=NO. The summed E-state index contributed by atoms with van der Waals surface area (Å²) >= 11 is 0. The molecule has 0 atom stereocenters. The van der Waals surface area contributed by atoms with Crippen molar-refractivity contribution in [2.45, 2.75) is 13.3 Å². The van der Waals surface area contributed by atoms with Crippen LogP contribution in [0.3, 0.4) is 0 Å². The predicted octanol–water partition coefficient (Wildman–Crippen LogP) is 2.29. The van der Waals surface area contributed by atoms with Crippen molar-refractivity contribution in [1.82, 2.24) is 0 Å². The molecule has 1 rings (SSSR count). The molecule has 0 radical (unpaired) electrons. The minimum Gasteiger partial charge on any atom is -0.497 e. The van der Waals surface area contributed by atoms with Gasteiger partial charge in [-0.05, 0) is 18.6 Å². The van der Waals surface area contributed by atoms with E-state index in [9.17, 15) is 0 Å². The minimum absolute atomic E-state index is 0.624. The molecular formula is C11H15NO3. The number of hydrogen-bond donors (Lipinski definition) is 1. The summed E-state index contributed by atoms with van der Waals surface area (Å²) in [5.74, 6) is 1.38. The lowest BCUT2D eigenvalue weighted by Crippen LogP contribution is -1.99. The highest BCUT2D eigenvalue weighted by atomic mass is 16.5. The van der Waals surface area contributed by atoms with Crippen molar-refractivity contribution < 1.29 is 14.7 Å². The molecule has 0 spiro atoms. The van der Waals surface area contributed by atoms with E-state index in [4.69, 9.17) is 14.7 Å². The lowest BCUT2D eigenvalue weighted by molar-refractivity contribution is 0.311. The van der Waals surface area contributed by atoms with Crippen molar-refractivity contribution in [2.75, 3.05) is 13.7 Å². The van der Waals surface area contributed by atoms with E-state index in [0.717, 1.165) is 17.7 Å². The molecule has 4 nitrogen and oxygen atoms in total. The molecule has 0 aliphatic rings. The highest BCUT2D eigenvalue weighted by Gasteiger charge is 2.03. The van der Waals surface area contributed by atoms with Gasteiger partial charge in [0, 0.05) is 11.6 Å². The molecule has 0 bridgehead atoms. The van der Waals surface area contributed by atoms with Crippen molar-refractivity contribution in [3.63, 3.8) is 0 Å². The molecule has 1 aromatic carbocycles. The summed E-state index contributed by atoms with van der Waals surface area (Å²) in [5.41, 5.74) is 0.728. The zero-order valence-corrected chi connectivity index (χ0v) is 8.93. The topological polar surface area (TPSA) is 51.0 Å². The van der Waals surface area contributed by atoms with Crippen LogP contribution in [0.1, 0.15) is 18.9 Å². The van der Waals surface area contributed by atoms with E-state index >= 15 is 0 Å². The first-order chi connectivity index (χ1) is 7.31. The number of hydrogen-bond acceptors (Lipinski definition) is 4. The summed E-state index contributed by atoms with van der Waals surface area (Å²) in [7, 11) is 1.60. The Labute approximate surface area is 89.1 Å². The first kappa shape index (κ1) is 11.4. The van der Waals surface area contributed by atoms with Gasteiger partial charge in [0.1, 0.15) is 11.5 Å². The molecule has 1 aromatic rings. The smallest absolute Gasteiger partial charge is 0.131 e. The third-order valence-corrected chi connectivity index (χ3v) is 1.88. The van der Waals surface area contributed by atoms with Gasteiger partial charge in [-0.3, -0.25) is 0 Å². The summed E-state index contributed by atoms with van der Waals surface area (Å²) in [5, 5.41) is 11.5. The molecule has 0 aliphatic heterocycles. The Hall–Kier alpha value is -1.71. The Balaban J connectivity index is 2.93. The number of rotatable bonds is 5. The third kappa shape index (κ3) is 3.16. The van der Waals surface area contributed by atoms with E-state index in [-0.39, 0.29) is 0 Å². The van der Waals surface area contributed by atoms with Gasteiger partial charge in [-0.2, -0.15) is 0 Å². The summed E-state index contributed by atoms with van der Waals surface area (Å²) < 4.78 is 10.6. The van der Waals surface area contributed by atoms with Crippen LogP contribution in [0.5, 0.6) is 11.5 Å². The molecule has 0 unspecified atom stereocenters. The minimum atomic E-state index is 0.624. The molecule has 82 valence electrons. The van der Waals surface area contributed by atoms with Crippen molar-refractivity contribution in [3.05, 3.63) is 23.8 Å². The van der Waals surface area contributed by atoms with Crippen LogP contribution in [-0.4, -0.2) is 25.1 Å².